The average Bonchev–Trinajstić information content (AvgIpc) is 3.46. The molecule has 0 bridgehead atoms. The van der Waals surface area contributed by atoms with Gasteiger partial charge in [0.25, 0.3) is 0 Å². The van der Waals surface area contributed by atoms with Crippen LogP contribution >= 0.6 is 24.8 Å². The molecule has 164 valence electrons. The van der Waals surface area contributed by atoms with E-state index >= 15 is 0 Å². The zero-order chi connectivity index (χ0) is 19.1. The van der Waals surface area contributed by atoms with Crippen LogP contribution in [0.4, 0.5) is 0 Å². The Morgan fingerprint density at radius 1 is 0.800 bits per heavy atom. The Balaban J connectivity index is 0.00000128. The molecule has 4 aliphatic carbocycles. The Kier molecular flexibility index (Phi) is 8.21. The van der Waals surface area contributed by atoms with Crippen LogP contribution < -0.4 is 0 Å². The summed E-state index contributed by atoms with van der Waals surface area (Å²) in [7, 11) is 0. The monoisotopic (exact) mass is 538 g/mol. The molecule has 4 aliphatic rings. The van der Waals surface area contributed by atoms with Gasteiger partial charge in [-0.15, -0.1) is 24.8 Å². The number of hydrogen-bond donors (Lipinski definition) is 0. The summed E-state index contributed by atoms with van der Waals surface area (Å²) in [5.41, 5.74) is 3.23. The minimum absolute atomic E-state index is 0. The first-order chi connectivity index (χ1) is 13.7. The average molecular weight is 541 g/mol. The van der Waals surface area contributed by atoms with E-state index in [9.17, 15) is 0 Å². The van der Waals surface area contributed by atoms with Crippen LogP contribution in [-0.4, -0.2) is 6.88 Å². The van der Waals surface area contributed by atoms with Gasteiger partial charge in [-0.1, -0.05) is 0 Å². The SMILES string of the molecule is Cl.Cl.[SiH2]=[Zr]([C]1=CC=CC1)([CH]1CCCCC1)([CH]1CCCCC1)[CH]1C=Cc2ccccc21. The van der Waals surface area contributed by atoms with Gasteiger partial charge in [0, 0.05) is 0 Å². The Morgan fingerprint density at radius 2 is 1.40 bits per heavy atom. The van der Waals surface area contributed by atoms with Gasteiger partial charge in [0.2, 0.25) is 0 Å². The first kappa shape index (κ1) is 24.8. The van der Waals surface area contributed by atoms with Crippen LogP contribution in [0.2, 0.25) is 7.25 Å². The second-order valence-corrected chi connectivity index (χ2v) is 35.1. The van der Waals surface area contributed by atoms with Crippen LogP contribution in [0.25, 0.3) is 6.08 Å². The molecule has 5 rings (SSSR count). The Morgan fingerprint density at radius 3 is 1.97 bits per heavy atom. The molecule has 0 heterocycles. The topological polar surface area (TPSA) is 0 Å². The molecule has 1 atom stereocenters. The fraction of sp³-hybridized carbons (Fsp3) is 0.538. The van der Waals surface area contributed by atoms with E-state index in [-0.39, 0.29) is 24.8 Å². The van der Waals surface area contributed by atoms with E-state index in [0.717, 1.165) is 10.9 Å². The maximum atomic E-state index is 2.71. The molecule has 0 aromatic heterocycles. The predicted molar refractivity (Wildman–Crippen MR) is 137 cm³/mol. The summed E-state index contributed by atoms with van der Waals surface area (Å²) in [6.07, 6.45) is 29.0. The molecule has 0 saturated heterocycles. The minimum atomic E-state index is -3.39. The van der Waals surface area contributed by atoms with E-state index in [4.69, 9.17) is 0 Å². The van der Waals surface area contributed by atoms with Gasteiger partial charge in [-0.2, -0.15) is 0 Å². The zero-order valence-corrected chi connectivity index (χ0v) is 23.7. The molecule has 2 fully saturated rings. The first-order valence-corrected chi connectivity index (χ1v) is 23.3. The summed E-state index contributed by atoms with van der Waals surface area (Å²) in [6, 6.07) is 9.42. The van der Waals surface area contributed by atoms with Gasteiger partial charge in [0.15, 0.2) is 0 Å². The van der Waals surface area contributed by atoms with Gasteiger partial charge < -0.3 is 0 Å². The van der Waals surface area contributed by atoms with E-state index in [1.165, 1.54) is 76.2 Å². The van der Waals surface area contributed by atoms with Crippen molar-refractivity contribution in [3.8, 4) is 0 Å². The third-order valence-corrected chi connectivity index (χ3v) is 43.3. The van der Waals surface area contributed by atoms with Gasteiger partial charge in [-0.05, 0) is 0 Å². The molecule has 0 amide bonds. The number of rotatable bonds is 4. The summed E-state index contributed by atoms with van der Waals surface area (Å²) < 4.78 is 4.80. The molecule has 1 unspecified atom stereocenters. The molecular formula is C26H38Cl2SiZr. The fourth-order valence-corrected chi connectivity index (χ4v) is 39.3. The van der Waals surface area contributed by atoms with Crippen LogP contribution in [-0.2, 0) is 17.4 Å². The number of benzene rings is 1. The molecule has 0 radical (unpaired) electrons. The fourth-order valence-electron chi connectivity index (χ4n) is 7.88. The Labute approximate surface area is 198 Å². The van der Waals surface area contributed by atoms with Gasteiger partial charge in [0.05, 0.1) is 0 Å². The van der Waals surface area contributed by atoms with Crippen LogP contribution in [0.1, 0.15) is 85.4 Å². The molecule has 1 aromatic rings. The standard InChI is InChI=1S/C9H7.2C6H11.C5H5.2ClH.H2Si.Zr/c1-2-5-9-7-3-6-8(9)4-1;2*1-2-4-6-5-3-1;1-2-4-5-3-1;;;;/h1-7H;2*1H,2-6H2;1-3H,4H2;2*1H;1H2;. The van der Waals surface area contributed by atoms with E-state index in [1.807, 2.05) is 3.28 Å². The second kappa shape index (κ2) is 9.94. The van der Waals surface area contributed by atoms with Crippen molar-refractivity contribution in [1.82, 2.24) is 0 Å². The van der Waals surface area contributed by atoms with Crippen molar-refractivity contribution < 1.29 is 17.4 Å². The molecule has 0 aliphatic heterocycles. The third kappa shape index (κ3) is 3.67. The Hall–Kier alpha value is 0.120. The van der Waals surface area contributed by atoms with Crippen LogP contribution in [0.15, 0.2) is 51.9 Å². The van der Waals surface area contributed by atoms with Gasteiger partial charge in [0.1, 0.15) is 0 Å². The zero-order valence-electron chi connectivity index (χ0n) is 18.2. The number of hydrogen-bond acceptors (Lipinski definition) is 0. The predicted octanol–water partition coefficient (Wildman–Crippen LogP) is 8.18. The van der Waals surface area contributed by atoms with Crippen molar-refractivity contribution in [3.05, 3.63) is 63.0 Å². The molecule has 0 nitrogen and oxygen atoms in total. The molecular weight excluding hydrogens is 503 g/mol. The molecule has 4 heteroatoms. The van der Waals surface area contributed by atoms with Crippen molar-refractivity contribution in [3.63, 3.8) is 0 Å². The Bertz CT molecular complexity index is 879. The van der Waals surface area contributed by atoms with Gasteiger partial charge in [-0.3, -0.25) is 0 Å². The van der Waals surface area contributed by atoms with Crippen molar-refractivity contribution in [2.45, 2.75) is 81.5 Å². The quantitative estimate of drug-likeness (QED) is 0.338. The summed E-state index contributed by atoms with van der Waals surface area (Å²) in [4.78, 5) is 0. The van der Waals surface area contributed by atoms with Gasteiger partial charge >= 0.3 is 175 Å². The number of halogens is 2. The maximum absolute atomic E-state index is 3.39. The van der Waals surface area contributed by atoms with Crippen LogP contribution in [0, 0.1) is 0 Å². The van der Waals surface area contributed by atoms with Crippen molar-refractivity contribution in [2.75, 3.05) is 0 Å². The van der Waals surface area contributed by atoms with Crippen LogP contribution in [0.5, 0.6) is 0 Å². The van der Waals surface area contributed by atoms with Gasteiger partial charge in [-0.25, -0.2) is 0 Å². The number of allylic oxidation sites excluding steroid dienone is 5. The van der Waals surface area contributed by atoms with Crippen molar-refractivity contribution in [2.24, 2.45) is 0 Å². The van der Waals surface area contributed by atoms with E-state index in [0.29, 0.717) is 0 Å². The van der Waals surface area contributed by atoms with E-state index < -0.39 is 17.4 Å². The molecule has 0 spiro atoms. The molecule has 0 N–H and O–H groups in total. The molecule has 1 aromatic carbocycles. The first-order valence-electron chi connectivity index (χ1n) is 11.9. The third-order valence-electron chi connectivity index (χ3n) is 9.23. The number of fused-ring (bicyclic) bond motifs is 1. The van der Waals surface area contributed by atoms with Crippen molar-refractivity contribution in [1.29, 1.82) is 0 Å². The molecule has 30 heavy (non-hydrogen) atoms. The summed E-state index contributed by atoms with van der Waals surface area (Å²) >= 11 is -3.39. The second-order valence-electron chi connectivity index (χ2n) is 10.2. The summed E-state index contributed by atoms with van der Waals surface area (Å²) in [6.45, 7) is 2.68. The summed E-state index contributed by atoms with van der Waals surface area (Å²) in [5, 5.41) is 0. The summed E-state index contributed by atoms with van der Waals surface area (Å²) in [5.74, 6) is 0. The van der Waals surface area contributed by atoms with E-state index in [2.05, 4.69) is 61.5 Å². The molecule has 2 saturated carbocycles. The normalized spacial score (nSPS) is 24.7. The van der Waals surface area contributed by atoms with Crippen molar-refractivity contribution >= 4 is 37.8 Å². The van der Waals surface area contributed by atoms with E-state index in [1.54, 1.807) is 5.56 Å². The van der Waals surface area contributed by atoms with Crippen LogP contribution in [0.3, 0.4) is 0 Å².